The molecule has 1 aromatic heterocycles. The highest BCUT2D eigenvalue weighted by Crippen LogP contribution is 2.37. The minimum atomic E-state index is -0.212. The summed E-state index contributed by atoms with van der Waals surface area (Å²) in [5.41, 5.74) is 7.74. The Balaban J connectivity index is 1.30. The van der Waals surface area contributed by atoms with Crippen LogP contribution in [0.4, 0.5) is 0 Å². The molecule has 4 aromatic rings. The van der Waals surface area contributed by atoms with Crippen LogP contribution in [0.5, 0.6) is 11.5 Å². The molecule has 0 spiro atoms. The summed E-state index contributed by atoms with van der Waals surface area (Å²) in [6, 6.07) is 22.1. The van der Waals surface area contributed by atoms with Crippen molar-refractivity contribution >= 4 is 51.2 Å². The van der Waals surface area contributed by atoms with Gasteiger partial charge < -0.3 is 9.47 Å². The highest BCUT2D eigenvalue weighted by molar-refractivity contribution is 9.10. The molecule has 1 N–H and O–H groups in total. The molecule has 0 atom stereocenters. The Bertz CT molecular complexity index is 1430. The van der Waals surface area contributed by atoms with E-state index in [-0.39, 0.29) is 17.1 Å². The number of hydrazone groups is 1. The van der Waals surface area contributed by atoms with Gasteiger partial charge in [0.1, 0.15) is 6.61 Å². The van der Waals surface area contributed by atoms with Gasteiger partial charge in [-0.05, 0) is 50.2 Å². The van der Waals surface area contributed by atoms with Crippen LogP contribution in [0.1, 0.15) is 37.5 Å². The number of hydrogen-bond acceptors (Lipinski definition) is 7. The molecule has 0 saturated heterocycles. The Morgan fingerprint density at radius 1 is 1.13 bits per heavy atom. The van der Waals surface area contributed by atoms with Gasteiger partial charge >= 0.3 is 0 Å². The fourth-order valence-corrected chi connectivity index (χ4v) is 5.82. The molecular formula is C30H30BrN3O3S2. The molecular weight excluding hydrogens is 594 g/mol. The summed E-state index contributed by atoms with van der Waals surface area (Å²) >= 11 is 6.48. The summed E-state index contributed by atoms with van der Waals surface area (Å²) in [5.74, 6) is 1.18. The highest BCUT2D eigenvalue weighted by atomic mass is 79.9. The predicted octanol–water partition coefficient (Wildman–Crippen LogP) is 7.70. The maximum absolute atomic E-state index is 12.3. The summed E-state index contributed by atoms with van der Waals surface area (Å²) in [6.45, 7) is 6.99. The monoisotopic (exact) mass is 623 g/mol. The van der Waals surface area contributed by atoms with Crippen LogP contribution < -0.4 is 14.9 Å². The Kier molecular flexibility index (Phi) is 9.83. The second-order valence-corrected chi connectivity index (χ2v) is 12.7. The van der Waals surface area contributed by atoms with Crippen LogP contribution in [0.25, 0.3) is 11.3 Å². The Morgan fingerprint density at radius 3 is 2.56 bits per heavy atom. The highest BCUT2D eigenvalue weighted by Gasteiger charge is 2.15. The minimum Gasteiger partial charge on any atom is -0.493 e. The van der Waals surface area contributed by atoms with Crippen LogP contribution in [-0.2, 0) is 16.8 Å². The number of nitrogens with one attached hydrogen (secondary N) is 1. The number of ether oxygens (including phenoxy) is 2. The van der Waals surface area contributed by atoms with Gasteiger partial charge in [-0.3, -0.25) is 4.79 Å². The molecule has 0 aliphatic rings. The number of thiazole rings is 1. The van der Waals surface area contributed by atoms with Crippen LogP contribution in [0.3, 0.4) is 0 Å². The first-order chi connectivity index (χ1) is 18.7. The molecule has 3 aromatic carbocycles. The number of aromatic nitrogens is 1. The molecule has 39 heavy (non-hydrogen) atoms. The van der Waals surface area contributed by atoms with Gasteiger partial charge in [0, 0.05) is 10.9 Å². The number of halogens is 1. The van der Waals surface area contributed by atoms with Gasteiger partial charge in [0.05, 0.1) is 29.2 Å². The smallest absolute Gasteiger partial charge is 0.250 e. The quantitative estimate of drug-likeness (QED) is 0.111. The van der Waals surface area contributed by atoms with Crippen molar-refractivity contribution in [3.63, 3.8) is 0 Å². The summed E-state index contributed by atoms with van der Waals surface area (Å²) in [6.07, 6.45) is 1.57. The zero-order valence-electron chi connectivity index (χ0n) is 22.2. The Labute approximate surface area is 246 Å². The lowest BCUT2D eigenvalue weighted by molar-refractivity contribution is -0.118. The fourth-order valence-electron chi connectivity index (χ4n) is 3.61. The number of benzene rings is 3. The molecule has 6 nitrogen and oxygen atoms in total. The number of carbonyl (C=O) groups excluding carboxylic acids is 1. The second kappa shape index (κ2) is 13.3. The van der Waals surface area contributed by atoms with Gasteiger partial charge in [0.25, 0.3) is 5.91 Å². The average molecular weight is 625 g/mol. The van der Waals surface area contributed by atoms with Gasteiger partial charge in [-0.1, -0.05) is 87.1 Å². The van der Waals surface area contributed by atoms with E-state index in [0.29, 0.717) is 18.1 Å². The second-order valence-electron chi connectivity index (χ2n) is 9.72. The van der Waals surface area contributed by atoms with E-state index < -0.39 is 0 Å². The van der Waals surface area contributed by atoms with Crippen molar-refractivity contribution in [3.8, 4) is 22.8 Å². The van der Waals surface area contributed by atoms with E-state index in [1.807, 2.05) is 47.8 Å². The number of thioether (sulfide) groups is 1. The average Bonchev–Trinajstić information content (AvgIpc) is 3.40. The van der Waals surface area contributed by atoms with Crippen LogP contribution in [0, 0.1) is 0 Å². The third-order valence-electron chi connectivity index (χ3n) is 5.74. The van der Waals surface area contributed by atoms with Crippen molar-refractivity contribution < 1.29 is 14.3 Å². The third kappa shape index (κ3) is 8.17. The third-order valence-corrected chi connectivity index (χ3v) is 8.35. The predicted molar refractivity (Wildman–Crippen MR) is 164 cm³/mol. The van der Waals surface area contributed by atoms with Crippen molar-refractivity contribution in [2.45, 2.75) is 37.1 Å². The topological polar surface area (TPSA) is 72.8 Å². The SMILES string of the molecule is COc1cc(/C=N/NC(=O)CSc2nc(-c3ccccc3)cs2)cc(Br)c1OCc1ccc(C(C)(C)C)cc1. The van der Waals surface area contributed by atoms with E-state index in [9.17, 15) is 4.79 Å². The molecule has 4 rings (SSSR count). The molecule has 0 aliphatic carbocycles. The lowest BCUT2D eigenvalue weighted by atomic mass is 9.87. The summed E-state index contributed by atoms with van der Waals surface area (Å²) in [4.78, 5) is 16.9. The van der Waals surface area contributed by atoms with Crippen LogP contribution >= 0.6 is 39.0 Å². The molecule has 9 heteroatoms. The van der Waals surface area contributed by atoms with Crippen LogP contribution in [0.15, 0.2) is 86.0 Å². The first-order valence-electron chi connectivity index (χ1n) is 12.3. The van der Waals surface area contributed by atoms with E-state index in [1.165, 1.54) is 28.7 Å². The van der Waals surface area contributed by atoms with Gasteiger partial charge in [0.15, 0.2) is 15.8 Å². The zero-order valence-corrected chi connectivity index (χ0v) is 25.5. The number of hydrogen-bond donors (Lipinski definition) is 1. The largest absolute Gasteiger partial charge is 0.493 e. The molecule has 0 bridgehead atoms. The van der Waals surface area contributed by atoms with E-state index in [4.69, 9.17) is 9.47 Å². The Hall–Kier alpha value is -3.14. The first-order valence-corrected chi connectivity index (χ1v) is 14.9. The molecule has 0 fully saturated rings. The van der Waals surface area contributed by atoms with E-state index in [1.54, 1.807) is 13.3 Å². The molecule has 0 aliphatic heterocycles. The van der Waals surface area contributed by atoms with Gasteiger partial charge in [-0.25, -0.2) is 10.4 Å². The van der Waals surface area contributed by atoms with E-state index >= 15 is 0 Å². The lowest BCUT2D eigenvalue weighted by Gasteiger charge is -2.19. The first kappa shape index (κ1) is 28.9. The lowest BCUT2D eigenvalue weighted by Crippen LogP contribution is -2.19. The summed E-state index contributed by atoms with van der Waals surface area (Å²) in [7, 11) is 1.59. The van der Waals surface area contributed by atoms with E-state index in [0.717, 1.165) is 31.2 Å². The van der Waals surface area contributed by atoms with Crippen LogP contribution in [0.2, 0.25) is 0 Å². The Morgan fingerprint density at radius 2 is 1.87 bits per heavy atom. The van der Waals surface area contributed by atoms with Gasteiger partial charge in [-0.2, -0.15) is 5.10 Å². The number of carbonyl (C=O) groups is 1. The fraction of sp³-hybridized carbons (Fsp3) is 0.233. The molecule has 202 valence electrons. The maximum atomic E-state index is 12.3. The van der Waals surface area contributed by atoms with Gasteiger partial charge in [0.2, 0.25) is 0 Å². The van der Waals surface area contributed by atoms with Crippen molar-refractivity contribution in [1.82, 2.24) is 10.4 Å². The number of amides is 1. The standard InChI is InChI=1S/C30H30BrN3O3S2/c1-30(2,3)23-12-10-20(11-13-23)17-37-28-24(31)14-21(15-26(28)36-4)16-32-34-27(35)19-39-29-33-25(18-38-29)22-8-6-5-7-9-22/h5-16,18H,17,19H2,1-4H3,(H,34,35)/b32-16+. The van der Waals surface area contributed by atoms with Crippen molar-refractivity contribution in [2.75, 3.05) is 12.9 Å². The van der Waals surface area contributed by atoms with E-state index in [2.05, 4.69) is 76.5 Å². The van der Waals surface area contributed by atoms with Gasteiger partial charge in [-0.15, -0.1) is 11.3 Å². The molecule has 1 amide bonds. The molecule has 1 heterocycles. The van der Waals surface area contributed by atoms with Crippen molar-refractivity contribution in [3.05, 3.63) is 93.3 Å². The van der Waals surface area contributed by atoms with Crippen molar-refractivity contribution in [2.24, 2.45) is 5.10 Å². The van der Waals surface area contributed by atoms with Crippen molar-refractivity contribution in [1.29, 1.82) is 0 Å². The maximum Gasteiger partial charge on any atom is 0.250 e. The number of methoxy groups -OCH3 is 1. The zero-order chi connectivity index (χ0) is 27.8. The molecule has 0 unspecified atom stereocenters. The normalized spacial score (nSPS) is 11.5. The number of nitrogens with zero attached hydrogens (tertiary/aromatic N) is 2. The molecule has 0 saturated carbocycles. The van der Waals surface area contributed by atoms with Crippen LogP contribution in [-0.4, -0.2) is 30.0 Å². The summed E-state index contributed by atoms with van der Waals surface area (Å²) < 4.78 is 13.2. The number of rotatable bonds is 10. The summed E-state index contributed by atoms with van der Waals surface area (Å²) in [5, 5.41) is 6.10. The minimum absolute atomic E-state index is 0.106. The molecule has 0 radical (unpaired) electrons.